The Morgan fingerprint density at radius 2 is 0.952 bits per heavy atom. The molecule has 0 amide bonds. The third kappa shape index (κ3) is 7.02. The van der Waals surface area contributed by atoms with Crippen molar-refractivity contribution in [3.05, 3.63) is 30.3 Å². The van der Waals surface area contributed by atoms with E-state index in [1.165, 1.54) is 4.40 Å². The molecule has 8 heteroatoms. The Bertz CT molecular complexity index is 399. The van der Waals surface area contributed by atoms with Crippen LogP contribution >= 0.6 is 0 Å². The van der Waals surface area contributed by atoms with E-state index >= 15 is 0 Å². The molecule has 0 aliphatic heterocycles. The Morgan fingerprint density at radius 1 is 0.667 bits per heavy atom. The van der Waals surface area contributed by atoms with Gasteiger partial charge in [0.1, 0.15) is 0 Å². The zero-order valence-corrected chi connectivity index (χ0v) is 27.2. The van der Waals surface area contributed by atoms with E-state index in [4.69, 9.17) is 0 Å². The molecule has 1 rings (SSSR count). The summed E-state index contributed by atoms with van der Waals surface area (Å²) in [6.45, 7) is 17.7. The molecule has 0 nitrogen and oxygen atoms in total. The van der Waals surface area contributed by atoms with Crippen molar-refractivity contribution in [3.63, 3.8) is 0 Å². The van der Waals surface area contributed by atoms with E-state index in [-0.39, 0.29) is 0 Å². The van der Waals surface area contributed by atoms with Crippen molar-refractivity contribution >= 4 is 107 Å². The van der Waals surface area contributed by atoms with Gasteiger partial charge in [0.2, 0.25) is 0 Å². The second-order valence-electron chi connectivity index (χ2n) is 7.02. The summed E-state index contributed by atoms with van der Waals surface area (Å²) in [6, 6.07) is 10.3. The first-order chi connectivity index (χ1) is 9.14. The van der Waals surface area contributed by atoms with Gasteiger partial charge < -0.3 is 0 Å². The Hall–Kier alpha value is 3.00. The van der Waals surface area contributed by atoms with Gasteiger partial charge in [0.15, 0.2) is 0 Å². The third-order valence-corrected chi connectivity index (χ3v) is 129. The number of benzene rings is 1. The summed E-state index contributed by atoms with van der Waals surface area (Å²) in [7, 11) is 0. The first-order valence-electron chi connectivity index (χ1n) is 7.02. The first kappa shape index (κ1) is 24.0. The van der Waals surface area contributed by atoms with E-state index in [1.807, 2.05) is 18.2 Å². The number of hydrogen-bond donors (Lipinski definition) is 0. The summed E-state index contributed by atoms with van der Waals surface area (Å²) in [6.07, 6.45) is 0. The van der Waals surface area contributed by atoms with Gasteiger partial charge in [0.05, 0.1) is 0 Å². The molecule has 0 spiro atoms. The second kappa shape index (κ2) is 9.09. The van der Waals surface area contributed by atoms with Gasteiger partial charge in [-0.25, -0.2) is 0 Å². The van der Waals surface area contributed by atoms with Crippen LogP contribution in [-0.4, -0.2) is 103 Å². The monoisotopic (exact) mass is 758 g/mol. The van der Waals surface area contributed by atoms with Crippen LogP contribution in [0.1, 0.15) is 0 Å². The summed E-state index contributed by atoms with van der Waals surface area (Å²) in [5, 5.41) is -2.71. The van der Waals surface area contributed by atoms with E-state index in [0.717, 1.165) is 0 Å². The van der Waals surface area contributed by atoms with Gasteiger partial charge in [-0.1, -0.05) is 0 Å². The summed E-state index contributed by atoms with van der Waals surface area (Å²) in [4.78, 5) is 0. The minimum absolute atomic E-state index is 0.904. The molecule has 0 unspecified atom stereocenters. The molecule has 0 heterocycles. The zero-order chi connectivity index (χ0) is 17.1. The fraction of sp³-hybridized carbons (Fsp3) is 0.538. The van der Waals surface area contributed by atoms with Gasteiger partial charge in [0.25, 0.3) is 0 Å². The molecule has 0 aromatic heterocycles. The van der Waals surface area contributed by atoms with Crippen LogP contribution in [0, 0.1) is 0 Å². The van der Waals surface area contributed by atoms with Gasteiger partial charge in [-0.15, -0.1) is 0 Å². The van der Waals surface area contributed by atoms with E-state index in [2.05, 4.69) is 139 Å². The maximum atomic E-state index is 2.77. The van der Waals surface area contributed by atoms with Crippen molar-refractivity contribution < 1.29 is 0 Å². The third-order valence-electron chi connectivity index (χ3n) is 4.39. The van der Waals surface area contributed by atoms with Crippen molar-refractivity contribution in [2.75, 3.05) is 0 Å². The fourth-order valence-electron chi connectivity index (χ4n) is 2.61. The molecule has 0 saturated heterocycles. The predicted molar refractivity (Wildman–Crippen MR) is 113 cm³/mol. The van der Waals surface area contributed by atoms with Crippen LogP contribution in [0.15, 0.2) is 30.3 Å². The van der Waals surface area contributed by atoms with Gasteiger partial charge in [-0.3, -0.25) is 0 Å². The number of hydrogen-bond acceptors (Lipinski definition) is 0. The topological polar surface area (TPSA) is 0 Å². The Morgan fingerprint density at radius 3 is 1.05 bits per heavy atom. The van der Waals surface area contributed by atoms with Gasteiger partial charge >= 0.3 is 184 Å². The van der Waals surface area contributed by atoms with Crippen molar-refractivity contribution in [1.29, 1.82) is 0 Å². The van der Waals surface area contributed by atoms with Crippen molar-refractivity contribution in [3.8, 4) is 0 Å². The normalized spacial score (nSPS) is 13.5. The van der Waals surface area contributed by atoms with E-state index in [1.54, 1.807) is 0 Å². The molecule has 6 radical (unpaired) electrons. The van der Waals surface area contributed by atoms with Gasteiger partial charge in [-0.05, 0) is 0 Å². The van der Waals surface area contributed by atoms with Crippen LogP contribution < -0.4 is 4.40 Å². The van der Waals surface area contributed by atoms with Crippen LogP contribution in [0.2, 0.25) is 45.8 Å². The molecule has 0 N–H and O–H groups in total. The molecule has 1 aromatic carbocycles. The summed E-state index contributed by atoms with van der Waals surface area (Å²) in [5.41, 5.74) is 0. The molecular formula is C13H26GeSi4Te3. The van der Waals surface area contributed by atoms with Crippen LogP contribution in [0.5, 0.6) is 0 Å². The fourth-order valence-corrected chi connectivity index (χ4v) is 228. The number of rotatable bonds is 3. The Labute approximate surface area is 181 Å². The molecule has 116 valence electrons. The minimum atomic E-state index is -0.924. The maximum absolute atomic E-state index is 2.77. The van der Waals surface area contributed by atoms with Gasteiger partial charge in [0, 0.05) is 0 Å². The Balaban J connectivity index is 0.000000471. The summed E-state index contributed by atoms with van der Waals surface area (Å²) in [5.74, 6) is 0. The van der Waals surface area contributed by atoms with Gasteiger partial charge in [-0.2, -0.15) is 0 Å². The molecule has 0 aliphatic carbocycles. The van der Waals surface area contributed by atoms with Crippen LogP contribution in [0.25, 0.3) is 0 Å². The molecule has 21 heavy (non-hydrogen) atoms. The Kier molecular flexibility index (Phi) is 10.4. The summed E-state index contributed by atoms with van der Waals surface area (Å²) >= 11 is 9.76. The van der Waals surface area contributed by atoms with E-state index < -0.39 is 22.0 Å². The van der Waals surface area contributed by atoms with E-state index in [9.17, 15) is 0 Å². The molecule has 1 aromatic rings. The molecule has 0 atom stereocenters. The van der Waals surface area contributed by atoms with Crippen LogP contribution in [0.4, 0.5) is 0 Å². The second-order valence-corrected chi connectivity index (χ2v) is 80.6. The standard InChI is InChI=1S/C7H21Si4Te3.C6H5Ge/c1-8(2,12)11(7,9(3,4)13)10(5,6)14;7-6-4-2-1-3-5-6/h1-7H3;1-5H. The molecular weight excluding hydrogens is 724 g/mol. The van der Waals surface area contributed by atoms with Crippen LogP contribution in [0.3, 0.4) is 0 Å². The average molecular weight is 750 g/mol. The quantitative estimate of drug-likeness (QED) is 0.415. The zero-order valence-electron chi connectivity index (χ0n) is 14.1. The van der Waals surface area contributed by atoms with Crippen molar-refractivity contribution in [1.82, 2.24) is 0 Å². The van der Waals surface area contributed by atoms with E-state index in [0.29, 0.717) is 0 Å². The molecule has 0 aliphatic rings. The predicted octanol–water partition coefficient (Wildman–Crippen LogP) is 1.90. The first-order valence-corrected chi connectivity index (χ1v) is 32.8. The summed E-state index contributed by atoms with van der Waals surface area (Å²) < 4.78 is 1.32. The molecule has 0 fully saturated rings. The van der Waals surface area contributed by atoms with Crippen molar-refractivity contribution in [2.24, 2.45) is 0 Å². The molecule has 0 bridgehead atoms. The van der Waals surface area contributed by atoms with Crippen LogP contribution in [-0.2, 0) is 0 Å². The molecule has 0 saturated carbocycles. The van der Waals surface area contributed by atoms with Crippen molar-refractivity contribution in [2.45, 2.75) is 45.8 Å². The SMILES string of the molecule is C[Si](C)([Te])[Si](C)([Si](C)(C)[Te])[Si](C)(C)[Te].[Ge][c]1ccccc1. The average Bonchev–Trinajstić information content (AvgIpc) is 2.25.